The molecule has 1 N–H and O–H groups in total. The fourth-order valence-electron chi connectivity index (χ4n) is 5.11. The van der Waals surface area contributed by atoms with E-state index in [1.165, 1.54) is 5.69 Å². The number of para-hydroxylation sites is 1. The molecule has 0 aliphatic heterocycles. The maximum Gasteiger partial charge on any atom is 0.339 e. The average Bonchev–Trinajstić information content (AvgIpc) is 3.33. The fourth-order valence-corrected chi connectivity index (χ4v) is 5.64. The Kier molecular flexibility index (Phi) is 8.38. The van der Waals surface area contributed by atoms with Crippen LogP contribution >= 0.6 is 23.2 Å². The summed E-state index contributed by atoms with van der Waals surface area (Å²) < 4.78 is 5.50. The monoisotopic (exact) mass is 573 g/mol. The first-order valence-electron chi connectivity index (χ1n) is 13.3. The third-order valence-electron chi connectivity index (χ3n) is 6.99. The SMILES string of the molecule is CCN(CC)c1ccc(C=C2CCc3c2nc2ccccc2c3C(=O)OCC(=O)Nc2cc(Cl)cc(Cl)c2)cc1. The molecular formula is C32H29Cl2N3O3. The van der Waals surface area contributed by atoms with Gasteiger partial charge in [-0.25, -0.2) is 9.78 Å². The minimum absolute atomic E-state index is 0.391. The van der Waals surface area contributed by atoms with E-state index in [2.05, 4.69) is 54.4 Å². The quantitative estimate of drug-likeness (QED) is 0.219. The Balaban J connectivity index is 1.40. The van der Waals surface area contributed by atoms with Crippen molar-refractivity contribution < 1.29 is 14.3 Å². The lowest BCUT2D eigenvalue weighted by Gasteiger charge is -2.20. The van der Waals surface area contributed by atoms with Crippen LogP contribution in [0.5, 0.6) is 0 Å². The standard InChI is InChI=1S/C32H29Cl2N3O3/c1-3-37(4-2)25-12-9-20(10-13-25)15-21-11-14-27-30(26-7-5-6-8-28(26)36-31(21)27)32(39)40-19-29(38)35-24-17-22(33)16-23(34)18-24/h5-10,12-13,15-18H,3-4,11,14,19H2,1-2H3,(H,35,38). The number of amides is 1. The normalized spacial score (nSPS) is 13.3. The lowest BCUT2D eigenvalue weighted by Crippen LogP contribution is -2.21. The molecular weight excluding hydrogens is 545 g/mol. The van der Waals surface area contributed by atoms with E-state index in [0.717, 1.165) is 41.9 Å². The lowest BCUT2D eigenvalue weighted by molar-refractivity contribution is -0.119. The van der Waals surface area contributed by atoms with Gasteiger partial charge in [0, 0.05) is 39.9 Å². The molecule has 40 heavy (non-hydrogen) atoms. The van der Waals surface area contributed by atoms with E-state index in [1.54, 1.807) is 18.2 Å². The number of nitrogens with zero attached hydrogens (tertiary/aromatic N) is 2. The highest BCUT2D eigenvalue weighted by atomic mass is 35.5. The summed E-state index contributed by atoms with van der Waals surface area (Å²) in [6, 6.07) is 20.7. The number of allylic oxidation sites excluding steroid dienone is 1. The summed E-state index contributed by atoms with van der Waals surface area (Å²) in [4.78, 5) is 33.2. The summed E-state index contributed by atoms with van der Waals surface area (Å²) in [7, 11) is 0. The van der Waals surface area contributed by atoms with E-state index in [4.69, 9.17) is 32.9 Å². The summed E-state index contributed by atoms with van der Waals surface area (Å²) in [6.07, 6.45) is 3.55. The highest BCUT2D eigenvalue weighted by Crippen LogP contribution is 2.38. The van der Waals surface area contributed by atoms with Gasteiger partial charge >= 0.3 is 5.97 Å². The molecule has 4 aromatic rings. The molecule has 0 saturated heterocycles. The van der Waals surface area contributed by atoms with Crippen molar-refractivity contribution in [1.82, 2.24) is 4.98 Å². The molecule has 0 atom stereocenters. The summed E-state index contributed by atoms with van der Waals surface area (Å²) in [5.41, 5.74) is 6.57. The van der Waals surface area contributed by atoms with Crippen LogP contribution in [-0.2, 0) is 16.0 Å². The summed E-state index contributed by atoms with van der Waals surface area (Å²) in [5, 5.41) is 4.15. The Morgan fingerprint density at radius 1 is 0.975 bits per heavy atom. The Labute approximate surface area is 243 Å². The number of rotatable bonds is 8. The van der Waals surface area contributed by atoms with Gasteiger partial charge in [-0.15, -0.1) is 0 Å². The molecule has 3 aromatic carbocycles. The van der Waals surface area contributed by atoms with Crippen LogP contribution in [0, 0.1) is 0 Å². The maximum absolute atomic E-state index is 13.4. The van der Waals surface area contributed by atoms with Crippen molar-refractivity contribution >= 4 is 69.0 Å². The minimum Gasteiger partial charge on any atom is -0.452 e. The van der Waals surface area contributed by atoms with Crippen molar-refractivity contribution in [3.05, 3.63) is 99.2 Å². The van der Waals surface area contributed by atoms with Crippen molar-refractivity contribution in [1.29, 1.82) is 0 Å². The number of carbonyl (C=O) groups excluding carboxylic acids is 2. The van der Waals surface area contributed by atoms with E-state index in [-0.39, 0.29) is 0 Å². The van der Waals surface area contributed by atoms with E-state index < -0.39 is 18.5 Å². The Hall–Kier alpha value is -3.87. The topological polar surface area (TPSA) is 71.5 Å². The van der Waals surface area contributed by atoms with Crippen LogP contribution in [0.4, 0.5) is 11.4 Å². The second-order valence-corrected chi connectivity index (χ2v) is 10.4. The highest BCUT2D eigenvalue weighted by Gasteiger charge is 2.28. The van der Waals surface area contributed by atoms with Gasteiger partial charge in [-0.2, -0.15) is 0 Å². The lowest BCUT2D eigenvalue weighted by atomic mass is 10.0. The first-order chi connectivity index (χ1) is 19.4. The van der Waals surface area contributed by atoms with Gasteiger partial charge < -0.3 is 15.0 Å². The molecule has 0 saturated carbocycles. The Morgan fingerprint density at radius 3 is 2.38 bits per heavy atom. The first-order valence-corrected chi connectivity index (χ1v) is 14.0. The zero-order chi connectivity index (χ0) is 28.2. The summed E-state index contributed by atoms with van der Waals surface area (Å²) in [5.74, 6) is -1.05. The predicted molar refractivity (Wildman–Crippen MR) is 163 cm³/mol. The number of ether oxygens (including phenoxy) is 1. The first kappa shape index (κ1) is 27.7. The molecule has 1 aliphatic carbocycles. The molecule has 1 heterocycles. The molecule has 6 nitrogen and oxygen atoms in total. The van der Waals surface area contributed by atoms with Crippen LogP contribution in [0.3, 0.4) is 0 Å². The van der Waals surface area contributed by atoms with Crippen molar-refractivity contribution in [2.45, 2.75) is 26.7 Å². The molecule has 0 unspecified atom stereocenters. The molecule has 0 spiro atoms. The molecule has 1 aromatic heterocycles. The van der Waals surface area contributed by atoms with Gasteiger partial charge in [0.1, 0.15) is 0 Å². The number of benzene rings is 3. The number of halogens is 2. The molecule has 1 aliphatic rings. The van der Waals surface area contributed by atoms with Gasteiger partial charge in [0.15, 0.2) is 6.61 Å². The Bertz CT molecular complexity index is 1590. The molecule has 1 amide bonds. The van der Waals surface area contributed by atoms with Gasteiger partial charge in [0.05, 0.1) is 16.8 Å². The van der Waals surface area contributed by atoms with Crippen LogP contribution in [0.25, 0.3) is 22.6 Å². The van der Waals surface area contributed by atoms with Crippen LogP contribution in [0.15, 0.2) is 66.7 Å². The molecule has 0 radical (unpaired) electrons. The third-order valence-corrected chi connectivity index (χ3v) is 7.43. The predicted octanol–water partition coefficient (Wildman–Crippen LogP) is 7.67. The number of esters is 1. The smallest absolute Gasteiger partial charge is 0.339 e. The number of hydrogen-bond donors (Lipinski definition) is 1. The average molecular weight is 575 g/mol. The van der Waals surface area contributed by atoms with Gasteiger partial charge in [-0.1, -0.05) is 53.5 Å². The van der Waals surface area contributed by atoms with Crippen LogP contribution in [0.1, 0.15) is 47.4 Å². The van der Waals surface area contributed by atoms with Crippen molar-refractivity contribution in [3.63, 3.8) is 0 Å². The number of pyridine rings is 1. The molecule has 0 bridgehead atoms. The van der Waals surface area contributed by atoms with E-state index in [9.17, 15) is 9.59 Å². The summed E-state index contributed by atoms with van der Waals surface area (Å²) in [6.45, 7) is 5.76. The fraction of sp³-hybridized carbons (Fsp3) is 0.219. The van der Waals surface area contributed by atoms with Crippen molar-refractivity contribution in [2.24, 2.45) is 0 Å². The number of fused-ring (bicyclic) bond motifs is 2. The Morgan fingerprint density at radius 2 is 1.68 bits per heavy atom. The van der Waals surface area contributed by atoms with Crippen LogP contribution in [0.2, 0.25) is 10.0 Å². The van der Waals surface area contributed by atoms with Gasteiger partial charge in [-0.3, -0.25) is 4.79 Å². The maximum atomic E-state index is 13.4. The van der Waals surface area contributed by atoms with Crippen LogP contribution < -0.4 is 10.2 Å². The van der Waals surface area contributed by atoms with E-state index in [0.29, 0.717) is 38.6 Å². The zero-order valence-corrected chi connectivity index (χ0v) is 23.9. The minimum atomic E-state index is -0.557. The van der Waals surface area contributed by atoms with Crippen molar-refractivity contribution in [2.75, 3.05) is 29.9 Å². The molecule has 204 valence electrons. The van der Waals surface area contributed by atoms with E-state index in [1.807, 2.05) is 24.3 Å². The number of carbonyl (C=O) groups is 2. The molecule has 8 heteroatoms. The number of anilines is 2. The second kappa shape index (κ2) is 12.1. The van der Waals surface area contributed by atoms with Crippen LogP contribution in [-0.4, -0.2) is 36.6 Å². The largest absolute Gasteiger partial charge is 0.452 e. The molecule has 0 fully saturated rings. The number of nitrogens with one attached hydrogen (secondary N) is 1. The highest BCUT2D eigenvalue weighted by molar-refractivity contribution is 6.35. The van der Waals surface area contributed by atoms with Gasteiger partial charge in [0.25, 0.3) is 5.91 Å². The number of hydrogen-bond acceptors (Lipinski definition) is 5. The third kappa shape index (κ3) is 5.98. The zero-order valence-electron chi connectivity index (χ0n) is 22.3. The van der Waals surface area contributed by atoms with E-state index >= 15 is 0 Å². The van der Waals surface area contributed by atoms with Gasteiger partial charge in [0.2, 0.25) is 0 Å². The second-order valence-electron chi connectivity index (χ2n) is 9.55. The summed E-state index contributed by atoms with van der Waals surface area (Å²) >= 11 is 12.0. The number of aromatic nitrogens is 1. The van der Waals surface area contributed by atoms with Crippen molar-refractivity contribution in [3.8, 4) is 0 Å². The molecule has 5 rings (SSSR count). The van der Waals surface area contributed by atoms with Gasteiger partial charge in [-0.05, 0) is 85.9 Å².